The van der Waals surface area contributed by atoms with Crippen molar-refractivity contribution in [3.63, 3.8) is 0 Å². The van der Waals surface area contributed by atoms with E-state index < -0.39 is 5.97 Å². The summed E-state index contributed by atoms with van der Waals surface area (Å²) in [6.07, 6.45) is 2.25. The molecule has 1 aromatic carbocycles. The van der Waals surface area contributed by atoms with E-state index in [0.29, 0.717) is 25.1 Å². The Morgan fingerprint density at radius 1 is 1.40 bits per heavy atom. The van der Waals surface area contributed by atoms with E-state index in [4.69, 9.17) is 0 Å². The Labute approximate surface area is 117 Å². The van der Waals surface area contributed by atoms with Crippen LogP contribution in [0, 0.1) is 0 Å². The average Bonchev–Trinajstić information content (AvgIpc) is 2.46. The Kier molecular flexibility index (Phi) is 4.53. The maximum Gasteiger partial charge on any atom is 0.339 e. The molecule has 1 atom stereocenters. The van der Waals surface area contributed by atoms with Crippen molar-refractivity contribution < 1.29 is 15.0 Å². The number of benzene rings is 1. The van der Waals surface area contributed by atoms with Crippen molar-refractivity contribution in [1.29, 1.82) is 0 Å². The molecule has 5 heteroatoms. The van der Waals surface area contributed by atoms with E-state index in [1.165, 1.54) is 6.20 Å². The summed E-state index contributed by atoms with van der Waals surface area (Å²) in [5.74, 6) is -1.01. The summed E-state index contributed by atoms with van der Waals surface area (Å²) in [7, 11) is 0. The predicted molar refractivity (Wildman–Crippen MR) is 78.1 cm³/mol. The first-order valence-electron chi connectivity index (χ1n) is 6.66. The molecule has 3 N–H and O–H groups in total. The smallest absolute Gasteiger partial charge is 0.339 e. The van der Waals surface area contributed by atoms with Gasteiger partial charge < -0.3 is 15.5 Å². The first kappa shape index (κ1) is 14.3. The number of aliphatic hydroxyl groups is 1. The van der Waals surface area contributed by atoms with Crippen LogP contribution < -0.4 is 5.32 Å². The second-order valence-electron chi connectivity index (χ2n) is 4.65. The first-order valence-corrected chi connectivity index (χ1v) is 6.66. The summed E-state index contributed by atoms with van der Waals surface area (Å²) in [5.41, 5.74) is 1.46. The number of fused-ring (bicyclic) bond motifs is 1. The summed E-state index contributed by atoms with van der Waals surface area (Å²) in [4.78, 5) is 15.4. The monoisotopic (exact) mass is 274 g/mol. The Hall–Kier alpha value is -2.14. The van der Waals surface area contributed by atoms with Gasteiger partial charge in [0.1, 0.15) is 5.56 Å². The highest BCUT2D eigenvalue weighted by Gasteiger charge is 2.14. The van der Waals surface area contributed by atoms with Crippen LogP contribution in [0.2, 0.25) is 0 Å². The molecule has 1 unspecified atom stereocenters. The molecule has 0 aliphatic carbocycles. The van der Waals surface area contributed by atoms with Crippen LogP contribution in [0.15, 0.2) is 30.5 Å². The van der Waals surface area contributed by atoms with Crippen LogP contribution in [-0.4, -0.2) is 33.8 Å². The molecule has 2 rings (SSSR count). The fraction of sp³-hybridized carbons (Fsp3) is 0.333. The molecule has 0 aliphatic rings. The van der Waals surface area contributed by atoms with Crippen molar-refractivity contribution in [2.75, 3.05) is 11.9 Å². The molecule has 1 aromatic heterocycles. The van der Waals surface area contributed by atoms with Crippen molar-refractivity contribution in [3.05, 3.63) is 36.0 Å². The van der Waals surface area contributed by atoms with Gasteiger partial charge in [-0.25, -0.2) is 4.79 Å². The largest absolute Gasteiger partial charge is 0.478 e. The van der Waals surface area contributed by atoms with Gasteiger partial charge in [-0.15, -0.1) is 0 Å². The molecule has 0 radical (unpaired) electrons. The van der Waals surface area contributed by atoms with Crippen LogP contribution in [0.3, 0.4) is 0 Å². The number of para-hydroxylation sites is 1. The average molecular weight is 274 g/mol. The Morgan fingerprint density at radius 3 is 2.85 bits per heavy atom. The topological polar surface area (TPSA) is 82.5 Å². The number of nitrogens with one attached hydrogen (secondary N) is 1. The number of carbonyl (C=O) groups is 1. The quantitative estimate of drug-likeness (QED) is 0.754. The number of hydrogen-bond acceptors (Lipinski definition) is 4. The number of hydrogen-bond donors (Lipinski definition) is 3. The van der Waals surface area contributed by atoms with E-state index >= 15 is 0 Å². The van der Waals surface area contributed by atoms with E-state index in [0.717, 1.165) is 10.9 Å². The Morgan fingerprint density at radius 2 is 2.15 bits per heavy atom. The van der Waals surface area contributed by atoms with Gasteiger partial charge in [-0.2, -0.15) is 0 Å². The molecule has 0 fully saturated rings. The SMILES string of the molecule is CCC(O)CCNc1c(C(=O)O)cnc2ccccc12. The third-order valence-corrected chi connectivity index (χ3v) is 3.26. The maximum atomic E-state index is 11.3. The number of nitrogens with zero attached hydrogens (tertiary/aromatic N) is 1. The summed E-state index contributed by atoms with van der Waals surface area (Å²) < 4.78 is 0. The first-order chi connectivity index (χ1) is 9.63. The number of pyridine rings is 1. The molecule has 0 saturated carbocycles. The van der Waals surface area contributed by atoms with Crippen LogP contribution in [0.4, 0.5) is 5.69 Å². The molecular weight excluding hydrogens is 256 g/mol. The molecule has 0 bridgehead atoms. The van der Waals surface area contributed by atoms with E-state index in [1.807, 2.05) is 31.2 Å². The molecule has 0 aliphatic heterocycles. The van der Waals surface area contributed by atoms with Gasteiger partial charge in [-0.05, 0) is 18.9 Å². The number of carboxylic acid groups (broad SMARTS) is 1. The lowest BCUT2D eigenvalue weighted by molar-refractivity contribution is 0.0697. The number of carboxylic acids is 1. The van der Waals surface area contributed by atoms with Crippen LogP contribution in [-0.2, 0) is 0 Å². The lowest BCUT2D eigenvalue weighted by atomic mass is 10.1. The van der Waals surface area contributed by atoms with Crippen molar-refractivity contribution >= 4 is 22.6 Å². The van der Waals surface area contributed by atoms with Crippen LogP contribution >= 0.6 is 0 Å². The number of aromatic carboxylic acids is 1. The number of aromatic nitrogens is 1. The number of aliphatic hydroxyl groups excluding tert-OH is 1. The minimum absolute atomic E-state index is 0.148. The van der Waals surface area contributed by atoms with Gasteiger partial charge in [0.25, 0.3) is 0 Å². The van der Waals surface area contributed by atoms with Crippen LogP contribution in [0.1, 0.15) is 30.1 Å². The van der Waals surface area contributed by atoms with Crippen molar-refractivity contribution in [2.45, 2.75) is 25.9 Å². The highest BCUT2D eigenvalue weighted by atomic mass is 16.4. The summed E-state index contributed by atoms with van der Waals surface area (Å²) in [6, 6.07) is 7.39. The van der Waals surface area contributed by atoms with E-state index in [1.54, 1.807) is 0 Å². The van der Waals surface area contributed by atoms with E-state index in [9.17, 15) is 15.0 Å². The van der Waals surface area contributed by atoms with Gasteiger partial charge in [-0.1, -0.05) is 25.1 Å². The molecule has 20 heavy (non-hydrogen) atoms. The minimum Gasteiger partial charge on any atom is -0.478 e. The minimum atomic E-state index is -1.01. The maximum absolute atomic E-state index is 11.3. The molecule has 106 valence electrons. The summed E-state index contributed by atoms with van der Waals surface area (Å²) in [5, 5.41) is 22.7. The second-order valence-corrected chi connectivity index (χ2v) is 4.65. The van der Waals surface area contributed by atoms with E-state index in [-0.39, 0.29) is 11.7 Å². The molecular formula is C15H18N2O3. The highest BCUT2D eigenvalue weighted by Crippen LogP contribution is 2.25. The predicted octanol–water partition coefficient (Wildman–Crippen LogP) is 2.51. The van der Waals surface area contributed by atoms with Crippen molar-refractivity contribution in [2.24, 2.45) is 0 Å². The lowest BCUT2D eigenvalue weighted by Crippen LogP contribution is -2.14. The zero-order valence-corrected chi connectivity index (χ0v) is 11.3. The van der Waals surface area contributed by atoms with Crippen LogP contribution in [0.25, 0.3) is 10.9 Å². The molecule has 2 aromatic rings. The molecule has 1 heterocycles. The van der Waals surface area contributed by atoms with Gasteiger partial charge in [0.2, 0.25) is 0 Å². The summed E-state index contributed by atoms with van der Waals surface area (Å²) in [6.45, 7) is 2.43. The summed E-state index contributed by atoms with van der Waals surface area (Å²) >= 11 is 0. The van der Waals surface area contributed by atoms with Gasteiger partial charge in [0.05, 0.1) is 17.3 Å². The van der Waals surface area contributed by atoms with Crippen molar-refractivity contribution in [3.8, 4) is 0 Å². The molecule has 5 nitrogen and oxygen atoms in total. The molecule has 0 saturated heterocycles. The standard InChI is InChI=1S/C15H18N2O3/c1-2-10(18)7-8-16-14-11-5-3-4-6-13(11)17-9-12(14)15(19)20/h3-6,9-10,18H,2,7-8H2,1H3,(H,16,17)(H,19,20). The van der Waals surface area contributed by atoms with Gasteiger partial charge >= 0.3 is 5.97 Å². The number of rotatable bonds is 6. The van der Waals surface area contributed by atoms with E-state index in [2.05, 4.69) is 10.3 Å². The molecule has 0 spiro atoms. The highest BCUT2D eigenvalue weighted by molar-refractivity contribution is 6.04. The molecule has 0 amide bonds. The normalized spacial score (nSPS) is 12.3. The van der Waals surface area contributed by atoms with Gasteiger partial charge in [0.15, 0.2) is 0 Å². The Bertz CT molecular complexity index is 613. The fourth-order valence-corrected chi connectivity index (χ4v) is 2.06. The Balaban J connectivity index is 2.32. The third-order valence-electron chi connectivity index (χ3n) is 3.26. The zero-order valence-electron chi connectivity index (χ0n) is 11.3. The second kappa shape index (κ2) is 6.34. The third kappa shape index (κ3) is 3.05. The van der Waals surface area contributed by atoms with Crippen molar-refractivity contribution in [1.82, 2.24) is 4.98 Å². The zero-order chi connectivity index (χ0) is 14.5. The lowest BCUT2D eigenvalue weighted by Gasteiger charge is -2.14. The fourth-order valence-electron chi connectivity index (χ4n) is 2.06. The van der Waals surface area contributed by atoms with Gasteiger partial charge in [0, 0.05) is 18.1 Å². The van der Waals surface area contributed by atoms with Gasteiger partial charge in [-0.3, -0.25) is 4.98 Å². The number of anilines is 1. The van der Waals surface area contributed by atoms with Crippen LogP contribution in [0.5, 0.6) is 0 Å².